The third-order valence-electron chi connectivity index (χ3n) is 11.6. The first-order chi connectivity index (χ1) is 32.5. The summed E-state index contributed by atoms with van der Waals surface area (Å²) >= 11 is 0. The van der Waals surface area contributed by atoms with Crippen LogP contribution in [0.3, 0.4) is 0 Å². The Morgan fingerprint density at radius 3 is 1.00 bits per heavy atom. The summed E-state index contributed by atoms with van der Waals surface area (Å²) < 4.78 is 16.8. The summed E-state index contributed by atoms with van der Waals surface area (Å²) in [6, 6.07) is 0. The minimum Gasteiger partial charge on any atom is -0.462 e. The van der Waals surface area contributed by atoms with Crippen LogP contribution in [0.2, 0.25) is 0 Å². The van der Waals surface area contributed by atoms with Gasteiger partial charge < -0.3 is 14.2 Å². The lowest BCUT2D eigenvalue weighted by Gasteiger charge is -2.18. The molecule has 0 aromatic carbocycles. The van der Waals surface area contributed by atoms with Crippen molar-refractivity contribution < 1.29 is 28.6 Å². The van der Waals surface area contributed by atoms with Crippen molar-refractivity contribution in [1.82, 2.24) is 0 Å². The number of esters is 3. The number of carbonyl (C=O) groups excluding carboxylic acids is 3. The van der Waals surface area contributed by atoms with Gasteiger partial charge in [-0.3, -0.25) is 14.4 Å². The zero-order chi connectivity index (χ0) is 47.9. The van der Waals surface area contributed by atoms with Crippen LogP contribution in [0.1, 0.15) is 258 Å². The van der Waals surface area contributed by atoms with Gasteiger partial charge in [0.15, 0.2) is 6.10 Å². The van der Waals surface area contributed by atoms with Gasteiger partial charge in [0, 0.05) is 19.3 Å². The fourth-order valence-electron chi connectivity index (χ4n) is 7.51. The molecular weight excluding hydrogens is 817 g/mol. The Morgan fingerprint density at radius 2 is 0.606 bits per heavy atom. The van der Waals surface area contributed by atoms with E-state index in [2.05, 4.69) is 106 Å². The molecule has 0 heterocycles. The molecule has 0 N–H and O–H groups in total. The second kappa shape index (κ2) is 54.2. The molecule has 1 unspecified atom stereocenters. The Kier molecular flexibility index (Phi) is 51.4. The van der Waals surface area contributed by atoms with Crippen molar-refractivity contribution in [3.05, 3.63) is 85.1 Å². The average molecular weight is 919 g/mol. The van der Waals surface area contributed by atoms with Crippen LogP contribution in [0.4, 0.5) is 0 Å². The van der Waals surface area contributed by atoms with Gasteiger partial charge in [-0.15, -0.1) is 0 Å². The van der Waals surface area contributed by atoms with Crippen molar-refractivity contribution in [1.29, 1.82) is 0 Å². The lowest BCUT2D eigenvalue weighted by molar-refractivity contribution is -0.167. The molecule has 0 aliphatic heterocycles. The molecule has 0 fully saturated rings. The van der Waals surface area contributed by atoms with Crippen LogP contribution >= 0.6 is 0 Å². The second-order valence-electron chi connectivity index (χ2n) is 18.1. The summed E-state index contributed by atoms with van der Waals surface area (Å²) in [5.74, 6) is -0.957. The van der Waals surface area contributed by atoms with Gasteiger partial charge in [0.2, 0.25) is 0 Å². The van der Waals surface area contributed by atoms with Crippen LogP contribution in [-0.4, -0.2) is 37.2 Å². The summed E-state index contributed by atoms with van der Waals surface area (Å²) in [5, 5.41) is 0. The van der Waals surface area contributed by atoms with Crippen molar-refractivity contribution >= 4 is 17.9 Å². The largest absolute Gasteiger partial charge is 0.462 e. The number of carbonyl (C=O) groups is 3. The molecule has 6 nitrogen and oxygen atoms in total. The zero-order valence-corrected chi connectivity index (χ0v) is 43.2. The van der Waals surface area contributed by atoms with Crippen molar-refractivity contribution in [3.63, 3.8) is 0 Å². The molecule has 66 heavy (non-hydrogen) atoms. The van der Waals surface area contributed by atoms with E-state index in [-0.39, 0.29) is 37.5 Å². The van der Waals surface area contributed by atoms with Gasteiger partial charge in [0.05, 0.1) is 0 Å². The highest BCUT2D eigenvalue weighted by Crippen LogP contribution is 2.15. The number of unbranched alkanes of at least 4 members (excludes halogenated alkanes) is 24. The van der Waals surface area contributed by atoms with E-state index >= 15 is 0 Å². The lowest BCUT2D eigenvalue weighted by Crippen LogP contribution is -2.30. The molecule has 0 saturated carbocycles. The molecule has 0 aliphatic rings. The van der Waals surface area contributed by atoms with E-state index in [4.69, 9.17) is 14.2 Å². The predicted molar refractivity (Wildman–Crippen MR) is 284 cm³/mol. The summed E-state index contributed by atoms with van der Waals surface area (Å²) in [6.45, 7) is 6.46. The fraction of sp³-hybridized carbons (Fsp3) is 0.717. The highest BCUT2D eigenvalue weighted by molar-refractivity contribution is 5.71. The summed E-state index contributed by atoms with van der Waals surface area (Å²) in [6.07, 6.45) is 70.0. The van der Waals surface area contributed by atoms with Crippen LogP contribution in [0.25, 0.3) is 0 Å². The Labute approximate surface area is 407 Å². The van der Waals surface area contributed by atoms with E-state index in [0.29, 0.717) is 19.3 Å². The first-order valence-corrected chi connectivity index (χ1v) is 27.6. The van der Waals surface area contributed by atoms with Gasteiger partial charge in [-0.25, -0.2) is 0 Å². The monoisotopic (exact) mass is 919 g/mol. The van der Waals surface area contributed by atoms with Gasteiger partial charge in [-0.05, 0) is 89.9 Å². The molecule has 0 rings (SSSR count). The normalized spacial score (nSPS) is 12.7. The maximum atomic E-state index is 12.8. The molecule has 0 radical (unpaired) electrons. The van der Waals surface area contributed by atoms with E-state index in [9.17, 15) is 14.4 Å². The van der Waals surface area contributed by atoms with Gasteiger partial charge in [-0.1, -0.05) is 234 Å². The molecular formula is C60H102O6. The lowest BCUT2D eigenvalue weighted by atomic mass is 10.0. The number of hydrogen-bond acceptors (Lipinski definition) is 6. The van der Waals surface area contributed by atoms with E-state index < -0.39 is 6.10 Å². The number of rotatable bonds is 49. The second-order valence-corrected chi connectivity index (χ2v) is 18.1. The molecule has 0 aromatic heterocycles. The SMILES string of the molecule is CC/C=C\C/C=C\C/C=C\CCCCCCCCCCCC(=O)OCC(COC(=O)CCCCCCCCCCCCCC)OC(=O)CCC/C=C\C/C=C\C/C=C\C/C=C\CCCCC. The minimum absolute atomic E-state index is 0.0982. The maximum Gasteiger partial charge on any atom is 0.306 e. The highest BCUT2D eigenvalue weighted by Gasteiger charge is 2.19. The molecule has 0 saturated heterocycles. The molecule has 0 amide bonds. The van der Waals surface area contributed by atoms with E-state index in [1.54, 1.807) is 0 Å². The van der Waals surface area contributed by atoms with Gasteiger partial charge in [-0.2, -0.15) is 0 Å². The molecule has 6 heteroatoms. The van der Waals surface area contributed by atoms with Crippen LogP contribution < -0.4 is 0 Å². The third kappa shape index (κ3) is 51.6. The van der Waals surface area contributed by atoms with E-state index in [1.807, 2.05) is 0 Å². The van der Waals surface area contributed by atoms with Gasteiger partial charge in [0.1, 0.15) is 13.2 Å². The average Bonchev–Trinajstić information content (AvgIpc) is 3.31. The zero-order valence-electron chi connectivity index (χ0n) is 43.2. The van der Waals surface area contributed by atoms with Crippen molar-refractivity contribution in [2.45, 2.75) is 264 Å². The summed E-state index contributed by atoms with van der Waals surface area (Å²) in [5.41, 5.74) is 0. The van der Waals surface area contributed by atoms with Gasteiger partial charge >= 0.3 is 17.9 Å². The smallest absolute Gasteiger partial charge is 0.306 e. The Morgan fingerprint density at radius 1 is 0.318 bits per heavy atom. The Hall–Kier alpha value is -3.41. The molecule has 0 aromatic rings. The van der Waals surface area contributed by atoms with Crippen LogP contribution in [0.5, 0.6) is 0 Å². The first-order valence-electron chi connectivity index (χ1n) is 27.6. The number of allylic oxidation sites excluding steroid dienone is 14. The van der Waals surface area contributed by atoms with E-state index in [1.165, 1.54) is 128 Å². The van der Waals surface area contributed by atoms with Crippen molar-refractivity contribution in [2.75, 3.05) is 13.2 Å². The quantitative estimate of drug-likeness (QED) is 0.0262. The predicted octanol–water partition coefficient (Wildman–Crippen LogP) is 18.4. The molecule has 0 spiro atoms. The topological polar surface area (TPSA) is 78.9 Å². The van der Waals surface area contributed by atoms with Crippen molar-refractivity contribution in [3.8, 4) is 0 Å². The standard InChI is InChI=1S/C60H102O6/c1-4-7-10-13-16-19-22-25-27-29-30-32-33-35-38-41-44-47-50-53-59(62)65-56-57(55-64-58(61)52-49-46-43-40-37-24-21-18-15-12-9-6-3)66-60(63)54-51-48-45-42-39-36-34-31-28-26-23-20-17-14-11-8-5-2/h7,10,16-17,19-20,25-28,34,36,42,45,57H,4-6,8-9,11-15,18,21-24,29-33,35,37-41,43-44,46-56H2,1-3H3/b10-7-,19-16-,20-17-,27-25-,28-26-,36-34-,45-42-. The Balaban J connectivity index is 4.44. The number of hydrogen-bond donors (Lipinski definition) is 0. The molecule has 0 aliphatic carbocycles. The van der Waals surface area contributed by atoms with Crippen molar-refractivity contribution in [2.24, 2.45) is 0 Å². The van der Waals surface area contributed by atoms with Crippen LogP contribution in [-0.2, 0) is 28.6 Å². The molecule has 0 bridgehead atoms. The van der Waals surface area contributed by atoms with Gasteiger partial charge in [0.25, 0.3) is 0 Å². The molecule has 378 valence electrons. The minimum atomic E-state index is -0.805. The first kappa shape index (κ1) is 62.6. The fourth-order valence-corrected chi connectivity index (χ4v) is 7.51. The number of ether oxygens (including phenoxy) is 3. The highest BCUT2D eigenvalue weighted by atomic mass is 16.6. The van der Waals surface area contributed by atoms with Crippen LogP contribution in [0.15, 0.2) is 85.1 Å². The summed E-state index contributed by atoms with van der Waals surface area (Å²) in [7, 11) is 0. The van der Waals surface area contributed by atoms with Crippen LogP contribution in [0, 0.1) is 0 Å². The maximum absolute atomic E-state index is 12.8. The molecule has 1 atom stereocenters. The van der Waals surface area contributed by atoms with E-state index in [0.717, 1.165) is 83.5 Å². The third-order valence-corrected chi connectivity index (χ3v) is 11.6. The summed E-state index contributed by atoms with van der Waals surface area (Å²) in [4.78, 5) is 38.0. The Bertz CT molecular complexity index is 1290.